The van der Waals surface area contributed by atoms with Gasteiger partial charge in [0.1, 0.15) is 5.54 Å². The van der Waals surface area contributed by atoms with E-state index >= 15 is 0 Å². The number of hydrogen-bond acceptors (Lipinski definition) is 5. The predicted molar refractivity (Wildman–Crippen MR) is 141 cm³/mol. The molecule has 0 unspecified atom stereocenters. The highest BCUT2D eigenvalue weighted by molar-refractivity contribution is 5.98. The molecular formula is C28H33N5O4. The normalized spacial score (nSPS) is 18.1. The first-order chi connectivity index (χ1) is 17.9. The molecular weight excluding hydrogens is 470 g/mol. The SMILES string of the molecule is NC(=O)C1(N2CCCCC2)CCN(C(=O)c2ccc3c(=O)n(CCc4ccccc4)c(=O)[nH]c3c2)CC1. The molecule has 37 heavy (non-hydrogen) atoms. The predicted octanol–water partition coefficient (Wildman–Crippen LogP) is 1.88. The van der Waals surface area contributed by atoms with E-state index in [-0.39, 0.29) is 23.9 Å². The second-order valence-electron chi connectivity index (χ2n) is 10.1. The van der Waals surface area contributed by atoms with Crippen LogP contribution in [0.3, 0.4) is 0 Å². The van der Waals surface area contributed by atoms with Crippen LogP contribution in [0.4, 0.5) is 0 Å². The Morgan fingerprint density at radius 2 is 1.62 bits per heavy atom. The Bertz CT molecular complexity index is 1410. The van der Waals surface area contributed by atoms with E-state index in [1.54, 1.807) is 23.1 Å². The van der Waals surface area contributed by atoms with Gasteiger partial charge in [-0.1, -0.05) is 36.8 Å². The van der Waals surface area contributed by atoms with Crippen LogP contribution in [0.25, 0.3) is 10.9 Å². The Balaban J connectivity index is 1.33. The zero-order valence-corrected chi connectivity index (χ0v) is 20.9. The summed E-state index contributed by atoms with van der Waals surface area (Å²) in [7, 11) is 0. The smallest absolute Gasteiger partial charge is 0.328 e. The zero-order chi connectivity index (χ0) is 26.0. The fraction of sp³-hybridized carbons (Fsp3) is 0.429. The number of fused-ring (bicyclic) bond motifs is 1. The monoisotopic (exact) mass is 503 g/mol. The van der Waals surface area contributed by atoms with E-state index in [2.05, 4.69) is 9.88 Å². The molecule has 0 bridgehead atoms. The molecule has 0 aliphatic carbocycles. The molecule has 9 heteroatoms. The van der Waals surface area contributed by atoms with E-state index in [0.717, 1.165) is 37.9 Å². The summed E-state index contributed by atoms with van der Waals surface area (Å²) in [5.41, 5.74) is 6.08. The van der Waals surface area contributed by atoms with Crippen molar-refractivity contribution < 1.29 is 9.59 Å². The molecule has 2 aliphatic rings. The van der Waals surface area contributed by atoms with Gasteiger partial charge in [-0.05, 0) is 69.0 Å². The van der Waals surface area contributed by atoms with Crippen molar-refractivity contribution >= 4 is 22.7 Å². The van der Waals surface area contributed by atoms with Crippen LogP contribution in [0.15, 0.2) is 58.1 Å². The molecule has 2 fully saturated rings. The lowest BCUT2D eigenvalue weighted by Crippen LogP contribution is -2.63. The van der Waals surface area contributed by atoms with Gasteiger partial charge >= 0.3 is 5.69 Å². The molecule has 5 rings (SSSR count). The van der Waals surface area contributed by atoms with Crippen LogP contribution in [0.2, 0.25) is 0 Å². The van der Waals surface area contributed by atoms with E-state index in [0.29, 0.717) is 48.8 Å². The van der Waals surface area contributed by atoms with Crippen molar-refractivity contribution in [2.24, 2.45) is 5.73 Å². The largest absolute Gasteiger partial charge is 0.368 e. The third-order valence-electron chi connectivity index (χ3n) is 7.99. The second-order valence-corrected chi connectivity index (χ2v) is 10.1. The van der Waals surface area contributed by atoms with Crippen LogP contribution in [-0.4, -0.2) is 62.9 Å². The van der Waals surface area contributed by atoms with Gasteiger partial charge in [0.15, 0.2) is 0 Å². The molecule has 0 radical (unpaired) electrons. The average molecular weight is 504 g/mol. The van der Waals surface area contributed by atoms with Crippen LogP contribution in [0.5, 0.6) is 0 Å². The van der Waals surface area contributed by atoms with Crippen molar-refractivity contribution in [3.63, 3.8) is 0 Å². The minimum atomic E-state index is -0.698. The number of nitrogens with one attached hydrogen (secondary N) is 1. The number of benzene rings is 2. The topological polar surface area (TPSA) is 122 Å². The molecule has 2 amide bonds. The summed E-state index contributed by atoms with van der Waals surface area (Å²) < 4.78 is 1.20. The fourth-order valence-electron chi connectivity index (χ4n) is 5.78. The maximum absolute atomic E-state index is 13.3. The molecule has 194 valence electrons. The lowest BCUT2D eigenvalue weighted by molar-refractivity contribution is -0.134. The minimum Gasteiger partial charge on any atom is -0.368 e. The summed E-state index contributed by atoms with van der Waals surface area (Å²) in [6, 6.07) is 14.5. The molecule has 1 aromatic heterocycles. The van der Waals surface area contributed by atoms with Gasteiger partial charge in [-0.25, -0.2) is 4.79 Å². The number of aryl methyl sites for hydroxylation is 1. The Morgan fingerprint density at radius 1 is 0.919 bits per heavy atom. The van der Waals surface area contributed by atoms with Gasteiger partial charge in [-0.3, -0.25) is 23.9 Å². The van der Waals surface area contributed by atoms with Gasteiger partial charge < -0.3 is 15.6 Å². The molecule has 0 saturated carbocycles. The van der Waals surface area contributed by atoms with Crippen LogP contribution in [0, 0.1) is 0 Å². The third kappa shape index (κ3) is 4.83. The number of amides is 2. The number of hydrogen-bond donors (Lipinski definition) is 2. The highest BCUT2D eigenvalue weighted by Crippen LogP contribution is 2.32. The van der Waals surface area contributed by atoms with E-state index in [1.165, 1.54) is 4.57 Å². The fourth-order valence-corrected chi connectivity index (χ4v) is 5.78. The molecule has 0 spiro atoms. The number of carbonyl (C=O) groups is 2. The van der Waals surface area contributed by atoms with E-state index in [9.17, 15) is 19.2 Å². The van der Waals surface area contributed by atoms with Crippen molar-refractivity contribution in [2.45, 2.75) is 50.6 Å². The molecule has 9 nitrogen and oxygen atoms in total. The van der Waals surface area contributed by atoms with E-state index in [4.69, 9.17) is 5.73 Å². The number of nitrogens with two attached hydrogens (primary N) is 1. The molecule has 3 heterocycles. The van der Waals surface area contributed by atoms with E-state index in [1.807, 2.05) is 30.3 Å². The maximum Gasteiger partial charge on any atom is 0.328 e. The number of aromatic nitrogens is 2. The molecule has 2 aromatic carbocycles. The number of likely N-dealkylation sites (tertiary alicyclic amines) is 2. The highest BCUT2D eigenvalue weighted by Gasteiger charge is 2.45. The van der Waals surface area contributed by atoms with Crippen molar-refractivity contribution in [1.29, 1.82) is 0 Å². The number of nitrogens with zero attached hydrogens (tertiary/aromatic N) is 3. The first-order valence-electron chi connectivity index (χ1n) is 13.0. The Hall–Kier alpha value is -3.72. The first-order valence-corrected chi connectivity index (χ1v) is 13.0. The van der Waals surface area contributed by atoms with E-state index < -0.39 is 11.2 Å². The van der Waals surface area contributed by atoms with Crippen molar-refractivity contribution in [3.05, 3.63) is 80.5 Å². The zero-order valence-electron chi connectivity index (χ0n) is 20.9. The number of piperidine rings is 2. The molecule has 3 aromatic rings. The number of primary amides is 1. The highest BCUT2D eigenvalue weighted by atomic mass is 16.2. The lowest BCUT2D eigenvalue weighted by atomic mass is 9.83. The first kappa shape index (κ1) is 25.0. The van der Waals surface area contributed by atoms with Gasteiger partial charge in [0.05, 0.1) is 10.9 Å². The standard InChI is InChI=1S/C28H33N5O4/c29-26(36)28(32-14-5-2-6-15-32)12-17-31(18-13-28)24(34)21-9-10-22-23(19-21)30-27(37)33(25(22)35)16-11-20-7-3-1-4-8-20/h1,3-4,7-10,19H,2,5-6,11-18H2,(H2,29,36)(H,30,37). The molecule has 2 saturated heterocycles. The Labute approximate surface area is 214 Å². The number of aromatic amines is 1. The van der Waals surface area contributed by atoms with Gasteiger partial charge in [0, 0.05) is 25.2 Å². The molecule has 2 aliphatic heterocycles. The summed E-state index contributed by atoms with van der Waals surface area (Å²) in [6.07, 6.45) is 4.85. The Kier molecular flexibility index (Phi) is 6.97. The number of H-pyrrole nitrogens is 1. The van der Waals surface area contributed by atoms with Gasteiger partial charge in [0.2, 0.25) is 5.91 Å². The lowest BCUT2D eigenvalue weighted by Gasteiger charge is -2.48. The summed E-state index contributed by atoms with van der Waals surface area (Å²) in [4.78, 5) is 58.3. The van der Waals surface area contributed by atoms with Crippen LogP contribution < -0.4 is 17.0 Å². The van der Waals surface area contributed by atoms with Crippen LogP contribution in [-0.2, 0) is 17.8 Å². The van der Waals surface area contributed by atoms with Crippen molar-refractivity contribution in [2.75, 3.05) is 26.2 Å². The summed E-state index contributed by atoms with van der Waals surface area (Å²) in [5, 5.41) is 0.362. The van der Waals surface area contributed by atoms with Crippen LogP contribution >= 0.6 is 0 Å². The summed E-state index contributed by atoms with van der Waals surface area (Å²) in [6.45, 7) is 2.83. The maximum atomic E-state index is 13.3. The molecule has 3 N–H and O–H groups in total. The minimum absolute atomic E-state index is 0.187. The number of rotatable bonds is 6. The summed E-state index contributed by atoms with van der Waals surface area (Å²) >= 11 is 0. The second kappa shape index (κ2) is 10.3. The van der Waals surface area contributed by atoms with Gasteiger partial charge in [0.25, 0.3) is 11.5 Å². The third-order valence-corrected chi connectivity index (χ3v) is 7.99. The molecule has 0 atom stereocenters. The van der Waals surface area contributed by atoms with Crippen molar-refractivity contribution in [3.8, 4) is 0 Å². The Morgan fingerprint density at radius 3 is 2.30 bits per heavy atom. The quantitative estimate of drug-likeness (QED) is 0.532. The summed E-state index contributed by atoms with van der Waals surface area (Å²) in [5.74, 6) is -0.499. The van der Waals surface area contributed by atoms with Crippen LogP contribution in [0.1, 0.15) is 48.0 Å². The number of carbonyl (C=O) groups excluding carboxylic acids is 2. The van der Waals surface area contributed by atoms with Gasteiger partial charge in [-0.15, -0.1) is 0 Å². The van der Waals surface area contributed by atoms with Crippen molar-refractivity contribution in [1.82, 2.24) is 19.4 Å². The van der Waals surface area contributed by atoms with Gasteiger partial charge in [-0.2, -0.15) is 0 Å². The average Bonchev–Trinajstić information content (AvgIpc) is 2.93.